The van der Waals surface area contributed by atoms with E-state index in [-0.39, 0.29) is 48.1 Å². The van der Waals surface area contributed by atoms with Crippen LogP contribution in [-0.4, -0.2) is 54.5 Å². The van der Waals surface area contributed by atoms with E-state index in [1.807, 2.05) is 20.8 Å². The molecule has 2 saturated carbocycles. The smallest absolute Gasteiger partial charge is 0.234 e. The first-order valence-electron chi connectivity index (χ1n) is 11.3. The molecule has 1 saturated heterocycles. The van der Waals surface area contributed by atoms with Gasteiger partial charge >= 0.3 is 0 Å². The summed E-state index contributed by atoms with van der Waals surface area (Å²) in [7, 11) is 0. The van der Waals surface area contributed by atoms with Gasteiger partial charge in [-0.3, -0.25) is 14.5 Å². The third-order valence-electron chi connectivity index (χ3n) is 6.94. The van der Waals surface area contributed by atoms with Crippen molar-refractivity contribution in [3.8, 4) is 0 Å². The van der Waals surface area contributed by atoms with Crippen molar-refractivity contribution in [3.05, 3.63) is 0 Å². The summed E-state index contributed by atoms with van der Waals surface area (Å²) in [5.74, 6) is 2.13. The first kappa shape index (κ1) is 27.5. The van der Waals surface area contributed by atoms with Gasteiger partial charge in [-0.2, -0.15) is 0 Å². The molecule has 0 spiro atoms. The predicted octanol–water partition coefficient (Wildman–Crippen LogP) is 2.73. The molecule has 0 aromatic rings. The Morgan fingerprint density at radius 2 is 1.57 bits per heavy atom. The zero-order valence-electron chi connectivity index (χ0n) is 18.8. The Bertz CT molecular complexity index is 548. The van der Waals surface area contributed by atoms with Crippen LogP contribution in [-0.2, 0) is 9.59 Å². The maximum Gasteiger partial charge on any atom is 0.234 e. The number of nitrogens with one attached hydrogen (secondary N) is 2. The molecule has 30 heavy (non-hydrogen) atoms. The SMILES string of the molecule is CC(C)(C)NC(=O)CN1CCC(CNC(=O)C2CC3CCCC(C2)C3N)CC1.Cl.Cl. The van der Waals surface area contributed by atoms with Gasteiger partial charge in [-0.05, 0) is 90.1 Å². The monoisotopic (exact) mass is 464 g/mol. The number of fused-ring (bicyclic) bond motifs is 2. The third kappa shape index (κ3) is 7.85. The molecule has 6 nitrogen and oxygen atoms in total. The van der Waals surface area contributed by atoms with Crippen molar-refractivity contribution < 1.29 is 9.59 Å². The molecule has 2 atom stereocenters. The molecule has 0 aromatic heterocycles. The van der Waals surface area contributed by atoms with Crippen molar-refractivity contribution in [3.63, 3.8) is 0 Å². The van der Waals surface area contributed by atoms with Gasteiger partial charge in [0, 0.05) is 24.0 Å². The molecule has 2 aliphatic carbocycles. The highest BCUT2D eigenvalue weighted by Crippen LogP contribution is 2.41. The van der Waals surface area contributed by atoms with Gasteiger partial charge in [-0.25, -0.2) is 0 Å². The largest absolute Gasteiger partial charge is 0.356 e. The molecule has 1 heterocycles. The molecular weight excluding hydrogens is 423 g/mol. The number of amides is 2. The number of hydrogen-bond acceptors (Lipinski definition) is 4. The highest BCUT2D eigenvalue weighted by molar-refractivity contribution is 5.85. The zero-order valence-corrected chi connectivity index (χ0v) is 20.5. The van der Waals surface area contributed by atoms with Gasteiger partial charge in [0.15, 0.2) is 0 Å². The molecule has 0 radical (unpaired) electrons. The fourth-order valence-electron chi connectivity index (χ4n) is 5.40. The van der Waals surface area contributed by atoms with Crippen LogP contribution in [0.25, 0.3) is 0 Å². The van der Waals surface area contributed by atoms with E-state index in [1.165, 1.54) is 19.3 Å². The summed E-state index contributed by atoms with van der Waals surface area (Å²) in [5.41, 5.74) is 6.17. The van der Waals surface area contributed by atoms with Gasteiger partial charge in [0.05, 0.1) is 6.54 Å². The van der Waals surface area contributed by atoms with Gasteiger partial charge in [0.1, 0.15) is 0 Å². The summed E-state index contributed by atoms with van der Waals surface area (Å²) in [6, 6.07) is 0.317. The number of nitrogens with two attached hydrogens (primary N) is 1. The summed E-state index contributed by atoms with van der Waals surface area (Å²) < 4.78 is 0. The van der Waals surface area contributed by atoms with Crippen molar-refractivity contribution in [1.29, 1.82) is 0 Å². The van der Waals surface area contributed by atoms with Crippen molar-refractivity contribution in [2.24, 2.45) is 29.4 Å². The summed E-state index contributed by atoms with van der Waals surface area (Å²) in [4.78, 5) is 27.0. The first-order chi connectivity index (χ1) is 13.2. The summed E-state index contributed by atoms with van der Waals surface area (Å²) in [6.45, 7) is 9.13. The number of carbonyl (C=O) groups is 2. The van der Waals surface area contributed by atoms with Crippen LogP contribution >= 0.6 is 24.8 Å². The maximum absolute atomic E-state index is 12.7. The second kappa shape index (κ2) is 11.9. The zero-order chi connectivity index (χ0) is 20.3. The molecule has 0 aromatic carbocycles. The van der Waals surface area contributed by atoms with E-state index in [0.29, 0.717) is 30.3 Å². The lowest BCUT2D eigenvalue weighted by Crippen LogP contribution is -2.50. The van der Waals surface area contributed by atoms with E-state index in [4.69, 9.17) is 5.73 Å². The molecule has 2 amide bonds. The molecular formula is C22H42Cl2N4O2. The molecule has 2 bridgehead atoms. The van der Waals surface area contributed by atoms with Crippen LogP contribution in [0, 0.1) is 23.7 Å². The van der Waals surface area contributed by atoms with Gasteiger partial charge in [0.2, 0.25) is 11.8 Å². The second-order valence-corrected chi connectivity index (χ2v) is 10.5. The highest BCUT2D eigenvalue weighted by Gasteiger charge is 2.40. The van der Waals surface area contributed by atoms with Crippen LogP contribution in [0.15, 0.2) is 0 Å². The molecule has 1 aliphatic heterocycles. The number of carbonyl (C=O) groups excluding carboxylic acids is 2. The Morgan fingerprint density at radius 3 is 2.10 bits per heavy atom. The Kier molecular flexibility index (Phi) is 10.9. The van der Waals surface area contributed by atoms with Crippen LogP contribution in [0.1, 0.15) is 65.7 Å². The summed E-state index contributed by atoms with van der Waals surface area (Å²) >= 11 is 0. The average Bonchev–Trinajstić information content (AvgIpc) is 2.59. The minimum atomic E-state index is -0.179. The normalized spacial score (nSPS) is 29.9. The molecule has 176 valence electrons. The minimum absolute atomic E-state index is 0. The first-order valence-corrected chi connectivity index (χ1v) is 11.3. The number of hydrogen-bond donors (Lipinski definition) is 3. The standard InChI is InChI=1S/C22H40N4O2.2ClH/c1-22(2,3)25-19(27)14-26-9-7-15(8-10-26)13-24-21(28)18-11-16-5-4-6-17(12-18)20(16)23;;/h15-18,20H,4-14,23H2,1-3H3,(H,24,28)(H,25,27);2*1H. The molecule has 3 aliphatic rings. The summed E-state index contributed by atoms with van der Waals surface area (Å²) in [5, 5.41) is 6.26. The Morgan fingerprint density at radius 1 is 1.00 bits per heavy atom. The van der Waals surface area contributed by atoms with E-state index in [1.54, 1.807) is 0 Å². The van der Waals surface area contributed by atoms with Gasteiger partial charge in [-0.1, -0.05) is 6.42 Å². The Balaban J connectivity index is 0.00000225. The van der Waals surface area contributed by atoms with Crippen molar-refractivity contribution in [2.75, 3.05) is 26.2 Å². The fraction of sp³-hybridized carbons (Fsp3) is 0.909. The number of halogens is 2. The quantitative estimate of drug-likeness (QED) is 0.583. The Labute approximate surface area is 194 Å². The van der Waals surface area contributed by atoms with E-state index in [9.17, 15) is 9.59 Å². The maximum atomic E-state index is 12.7. The lowest BCUT2D eigenvalue weighted by Gasteiger charge is -2.43. The van der Waals surface area contributed by atoms with Crippen molar-refractivity contribution in [2.45, 2.75) is 77.3 Å². The highest BCUT2D eigenvalue weighted by atomic mass is 35.5. The number of nitrogens with zero attached hydrogens (tertiary/aromatic N) is 1. The van der Waals surface area contributed by atoms with Crippen LogP contribution in [0.4, 0.5) is 0 Å². The molecule has 4 N–H and O–H groups in total. The van der Waals surface area contributed by atoms with Gasteiger partial charge < -0.3 is 16.4 Å². The Hall–Kier alpha value is -0.560. The minimum Gasteiger partial charge on any atom is -0.356 e. The van der Waals surface area contributed by atoms with E-state index in [2.05, 4.69) is 15.5 Å². The molecule has 3 fully saturated rings. The van der Waals surface area contributed by atoms with E-state index < -0.39 is 0 Å². The fourth-order valence-corrected chi connectivity index (χ4v) is 5.40. The van der Waals surface area contributed by atoms with Crippen molar-refractivity contribution in [1.82, 2.24) is 15.5 Å². The molecule has 8 heteroatoms. The lowest BCUT2D eigenvalue weighted by atomic mass is 9.65. The number of rotatable bonds is 5. The third-order valence-corrected chi connectivity index (χ3v) is 6.94. The van der Waals surface area contributed by atoms with Crippen LogP contribution in [0.3, 0.4) is 0 Å². The predicted molar refractivity (Wildman–Crippen MR) is 126 cm³/mol. The van der Waals surface area contributed by atoms with Crippen molar-refractivity contribution >= 4 is 36.6 Å². The van der Waals surface area contributed by atoms with Gasteiger partial charge in [-0.15, -0.1) is 24.8 Å². The number of likely N-dealkylation sites (tertiary alicyclic amines) is 1. The molecule has 2 unspecified atom stereocenters. The average molecular weight is 466 g/mol. The van der Waals surface area contributed by atoms with Crippen LogP contribution < -0.4 is 16.4 Å². The van der Waals surface area contributed by atoms with Crippen LogP contribution in [0.5, 0.6) is 0 Å². The van der Waals surface area contributed by atoms with Gasteiger partial charge in [0.25, 0.3) is 0 Å². The molecule has 3 rings (SSSR count). The van der Waals surface area contributed by atoms with Crippen LogP contribution in [0.2, 0.25) is 0 Å². The topological polar surface area (TPSA) is 87.5 Å². The van der Waals surface area contributed by atoms with E-state index in [0.717, 1.165) is 45.3 Å². The lowest BCUT2D eigenvalue weighted by molar-refractivity contribution is -0.128. The summed E-state index contributed by atoms with van der Waals surface area (Å²) in [6.07, 6.45) is 7.72. The number of piperidine rings is 1. The van der Waals surface area contributed by atoms with E-state index >= 15 is 0 Å². The second-order valence-electron chi connectivity index (χ2n) is 10.5.